The summed E-state index contributed by atoms with van der Waals surface area (Å²) in [5, 5.41) is 0. The first-order chi connectivity index (χ1) is 11.2. The number of nitrogens with zero attached hydrogens (tertiary/aromatic N) is 4. The summed E-state index contributed by atoms with van der Waals surface area (Å²) in [6, 6.07) is 11.2. The average molecular weight is 384 g/mol. The lowest BCUT2D eigenvalue weighted by Gasteiger charge is -2.35. The van der Waals surface area contributed by atoms with Crippen LogP contribution in [0.4, 0.5) is 5.95 Å². The quantitative estimate of drug-likeness (QED) is 0.866. The molecule has 1 aromatic carbocycles. The summed E-state index contributed by atoms with van der Waals surface area (Å²) in [5.74, 6) is 0.732. The number of hydrogen-bond acceptors (Lipinski definition) is 5. The van der Waals surface area contributed by atoms with Crippen molar-refractivity contribution in [2.24, 2.45) is 5.73 Å². The van der Waals surface area contributed by atoms with Crippen LogP contribution >= 0.6 is 24.8 Å². The lowest BCUT2D eigenvalue weighted by molar-refractivity contribution is -0.132. The van der Waals surface area contributed by atoms with Crippen LogP contribution in [0.1, 0.15) is 5.56 Å². The summed E-state index contributed by atoms with van der Waals surface area (Å²) >= 11 is 0. The van der Waals surface area contributed by atoms with E-state index < -0.39 is 6.04 Å². The van der Waals surface area contributed by atoms with Crippen LogP contribution in [0.25, 0.3) is 0 Å². The molecule has 1 aliphatic heterocycles. The van der Waals surface area contributed by atoms with Crippen molar-refractivity contribution >= 4 is 36.7 Å². The number of carbonyl (C=O) groups is 1. The third kappa shape index (κ3) is 5.56. The van der Waals surface area contributed by atoms with Gasteiger partial charge in [0.25, 0.3) is 0 Å². The van der Waals surface area contributed by atoms with Crippen molar-refractivity contribution in [3.63, 3.8) is 0 Å². The highest BCUT2D eigenvalue weighted by Gasteiger charge is 2.26. The van der Waals surface area contributed by atoms with Crippen LogP contribution < -0.4 is 10.6 Å². The molecule has 1 saturated heterocycles. The molecular formula is C17H23Cl2N5O. The van der Waals surface area contributed by atoms with Crippen molar-refractivity contribution in [2.75, 3.05) is 31.1 Å². The number of aromatic nitrogens is 2. The Kier molecular flexibility index (Phi) is 8.61. The third-order valence-electron chi connectivity index (χ3n) is 4.04. The first-order valence-electron chi connectivity index (χ1n) is 7.84. The molecule has 2 aromatic rings. The van der Waals surface area contributed by atoms with Crippen LogP contribution in [0.3, 0.4) is 0 Å². The topological polar surface area (TPSA) is 75.4 Å². The van der Waals surface area contributed by atoms with Gasteiger partial charge in [-0.1, -0.05) is 30.3 Å². The molecule has 0 bridgehead atoms. The first kappa shape index (κ1) is 21.2. The van der Waals surface area contributed by atoms with E-state index >= 15 is 0 Å². The van der Waals surface area contributed by atoms with Crippen LogP contribution in [0.2, 0.25) is 0 Å². The van der Waals surface area contributed by atoms with Gasteiger partial charge in [-0.05, 0) is 18.1 Å². The minimum absolute atomic E-state index is 0. The fourth-order valence-electron chi connectivity index (χ4n) is 2.77. The van der Waals surface area contributed by atoms with Gasteiger partial charge in [0, 0.05) is 38.6 Å². The molecule has 25 heavy (non-hydrogen) atoms. The molecule has 3 rings (SSSR count). The highest BCUT2D eigenvalue weighted by Crippen LogP contribution is 2.11. The smallest absolute Gasteiger partial charge is 0.239 e. The van der Waals surface area contributed by atoms with Crippen LogP contribution in [-0.2, 0) is 11.2 Å². The van der Waals surface area contributed by atoms with Crippen molar-refractivity contribution < 1.29 is 4.79 Å². The molecule has 0 unspecified atom stereocenters. The fourth-order valence-corrected chi connectivity index (χ4v) is 2.77. The zero-order chi connectivity index (χ0) is 16.1. The highest BCUT2D eigenvalue weighted by atomic mass is 35.5. The molecule has 136 valence electrons. The maximum Gasteiger partial charge on any atom is 0.239 e. The summed E-state index contributed by atoms with van der Waals surface area (Å²) in [6.07, 6.45) is 4.03. The molecule has 2 heterocycles. The summed E-state index contributed by atoms with van der Waals surface area (Å²) in [4.78, 5) is 24.9. The zero-order valence-electron chi connectivity index (χ0n) is 13.8. The lowest BCUT2D eigenvalue weighted by Crippen LogP contribution is -2.54. The number of anilines is 1. The molecule has 1 amide bonds. The molecule has 6 nitrogen and oxygen atoms in total. The van der Waals surface area contributed by atoms with E-state index in [-0.39, 0.29) is 30.7 Å². The van der Waals surface area contributed by atoms with Crippen molar-refractivity contribution in [3.05, 3.63) is 54.4 Å². The predicted molar refractivity (Wildman–Crippen MR) is 103 cm³/mol. The molecule has 0 aliphatic carbocycles. The monoisotopic (exact) mass is 383 g/mol. The van der Waals surface area contributed by atoms with Gasteiger partial charge in [-0.3, -0.25) is 4.79 Å². The van der Waals surface area contributed by atoms with Crippen LogP contribution in [0.5, 0.6) is 0 Å². The SMILES string of the molecule is Cl.Cl.N[C@@H](Cc1ccccc1)C(=O)N1CCN(c2ncccn2)CC1. The van der Waals surface area contributed by atoms with E-state index in [1.165, 1.54) is 0 Å². The molecule has 2 N–H and O–H groups in total. The van der Waals surface area contributed by atoms with E-state index in [2.05, 4.69) is 14.9 Å². The van der Waals surface area contributed by atoms with Crippen LogP contribution in [0.15, 0.2) is 48.8 Å². The Bertz CT molecular complexity index is 636. The van der Waals surface area contributed by atoms with Crippen molar-refractivity contribution in [1.82, 2.24) is 14.9 Å². The Morgan fingerprint density at radius 3 is 2.20 bits per heavy atom. The van der Waals surface area contributed by atoms with E-state index in [0.29, 0.717) is 25.5 Å². The molecule has 1 aromatic heterocycles. The van der Waals surface area contributed by atoms with Gasteiger partial charge < -0.3 is 15.5 Å². The second-order valence-electron chi connectivity index (χ2n) is 5.66. The number of benzene rings is 1. The maximum atomic E-state index is 12.5. The van der Waals surface area contributed by atoms with Crippen LogP contribution in [-0.4, -0.2) is 53.0 Å². The van der Waals surface area contributed by atoms with E-state index in [1.807, 2.05) is 35.2 Å². The maximum absolute atomic E-state index is 12.5. The largest absolute Gasteiger partial charge is 0.338 e. The van der Waals surface area contributed by atoms with Gasteiger partial charge in [0.05, 0.1) is 6.04 Å². The van der Waals surface area contributed by atoms with Gasteiger partial charge in [0.15, 0.2) is 0 Å². The summed E-state index contributed by atoms with van der Waals surface area (Å²) in [6.45, 7) is 2.76. The summed E-state index contributed by atoms with van der Waals surface area (Å²) < 4.78 is 0. The number of amides is 1. The minimum Gasteiger partial charge on any atom is -0.338 e. The number of rotatable bonds is 4. The van der Waals surface area contributed by atoms with Crippen LogP contribution in [0, 0.1) is 0 Å². The number of piperazine rings is 1. The molecule has 1 atom stereocenters. The van der Waals surface area contributed by atoms with E-state index in [0.717, 1.165) is 18.7 Å². The number of hydrogen-bond donors (Lipinski definition) is 1. The highest BCUT2D eigenvalue weighted by molar-refractivity contribution is 5.85. The molecular weight excluding hydrogens is 361 g/mol. The van der Waals surface area contributed by atoms with Gasteiger partial charge in [-0.2, -0.15) is 0 Å². The Morgan fingerprint density at radius 2 is 1.60 bits per heavy atom. The normalized spacial score (nSPS) is 14.9. The number of nitrogens with two attached hydrogens (primary N) is 1. The molecule has 8 heteroatoms. The number of carbonyl (C=O) groups excluding carboxylic acids is 1. The van der Waals surface area contributed by atoms with Crippen molar-refractivity contribution in [1.29, 1.82) is 0 Å². The van der Waals surface area contributed by atoms with Gasteiger partial charge in [-0.15, -0.1) is 24.8 Å². The third-order valence-corrected chi connectivity index (χ3v) is 4.04. The molecule has 0 radical (unpaired) electrons. The Hall–Kier alpha value is -1.89. The van der Waals surface area contributed by atoms with Crippen molar-refractivity contribution in [2.45, 2.75) is 12.5 Å². The Morgan fingerprint density at radius 1 is 1.00 bits per heavy atom. The number of halogens is 2. The first-order valence-corrected chi connectivity index (χ1v) is 7.84. The molecule has 0 spiro atoms. The molecule has 0 saturated carbocycles. The zero-order valence-corrected chi connectivity index (χ0v) is 15.5. The van der Waals surface area contributed by atoms with E-state index in [9.17, 15) is 4.79 Å². The summed E-state index contributed by atoms with van der Waals surface area (Å²) in [7, 11) is 0. The van der Waals surface area contributed by atoms with Gasteiger partial charge in [-0.25, -0.2) is 9.97 Å². The standard InChI is InChI=1S/C17H21N5O.2ClH/c18-15(13-14-5-2-1-3-6-14)16(23)21-9-11-22(12-10-21)17-19-7-4-8-20-17;;/h1-8,15H,9-13,18H2;2*1H/t15-;;/m0../s1. The molecule has 1 aliphatic rings. The van der Waals surface area contributed by atoms with Crippen molar-refractivity contribution in [3.8, 4) is 0 Å². The minimum atomic E-state index is -0.489. The average Bonchev–Trinajstić information content (AvgIpc) is 2.63. The fraction of sp³-hybridized carbons (Fsp3) is 0.353. The van der Waals surface area contributed by atoms with Gasteiger partial charge in [0.1, 0.15) is 0 Å². The second-order valence-corrected chi connectivity index (χ2v) is 5.66. The van der Waals surface area contributed by atoms with E-state index in [4.69, 9.17) is 5.73 Å². The predicted octanol–water partition coefficient (Wildman–Crippen LogP) is 1.54. The second kappa shape index (κ2) is 10.2. The molecule has 1 fully saturated rings. The summed E-state index contributed by atoms with van der Waals surface area (Å²) in [5.41, 5.74) is 7.18. The lowest BCUT2D eigenvalue weighted by atomic mass is 10.1. The van der Waals surface area contributed by atoms with Gasteiger partial charge >= 0.3 is 0 Å². The van der Waals surface area contributed by atoms with E-state index in [1.54, 1.807) is 18.5 Å². The Balaban J connectivity index is 0.00000156. The Labute approximate surface area is 160 Å². The van der Waals surface area contributed by atoms with Gasteiger partial charge in [0.2, 0.25) is 11.9 Å².